The van der Waals surface area contributed by atoms with Gasteiger partial charge in [0.25, 0.3) is 5.56 Å². The third-order valence-electron chi connectivity index (χ3n) is 2.61. The predicted molar refractivity (Wildman–Crippen MR) is 68.9 cm³/mol. The molecule has 0 aromatic carbocycles. The molecule has 0 aliphatic rings. The van der Waals surface area contributed by atoms with Gasteiger partial charge in [0.1, 0.15) is 10.6 Å². The average Bonchev–Trinajstić information content (AvgIpc) is 2.74. The summed E-state index contributed by atoms with van der Waals surface area (Å²) < 4.78 is 1.16. The van der Waals surface area contributed by atoms with E-state index in [1.54, 1.807) is 13.1 Å². The van der Waals surface area contributed by atoms with E-state index in [2.05, 4.69) is 4.98 Å². The first kappa shape index (κ1) is 13.2. The second-order valence-corrected chi connectivity index (χ2v) is 5.27. The van der Waals surface area contributed by atoms with E-state index in [4.69, 9.17) is 5.11 Å². The van der Waals surface area contributed by atoms with E-state index >= 15 is 0 Å². The van der Waals surface area contributed by atoms with Gasteiger partial charge in [-0.05, 0) is 13.8 Å². The van der Waals surface area contributed by atoms with E-state index in [1.807, 2.05) is 11.9 Å². The molecule has 2 heterocycles. The number of aromatic amines is 1. The van der Waals surface area contributed by atoms with Gasteiger partial charge in [-0.3, -0.25) is 14.3 Å². The van der Waals surface area contributed by atoms with Crippen LogP contribution in [0.2, 0.25) is 0 Å². The summed E-state index contributed by atoms with van der Waals surface area (Å²) in [6.07, 6.45) is 2.72. The van der Waals surface area contributed by atoms with Crippen molar-refractivity contribution in [3.8, 4) is 0 Å². The van der Waals surface area contributed by atoms with Gasteiger partial charge in [-0.25, -0.2) is 14.6 Å². The van der Waals surface area contributed by atoms with Crippen molar-refractivity contribution in [2.75, 3.05) is 0 Å². The minimum Gasteiger partial charge on any atom is -0.477 e. The van der Waals surface area contributed by atoms with Crippen LogP contribution in [-0.2, 0) is 0 Å². The van der Waals surface area contributed by atoms with Crippen LogP contribution in [0.15, 0.2) is 22.0 Å². The Morgan fingerprint density at radius 2 is 2.21 bits per heavy atom. The summed E-state index contributed by atoms with van der Waals surface area (Å²) in [4.78, 5) is 41.1. The van der Waals surface area contributed by atoms with Crippen molar-refractivity contribution >= 4 is 17.3 Å². The average molecular weight is 281 g/mol. The van der Waals surface area contributed by atoms with Crippen molar-refractivity contribution in [1.82, 2.24) is 14.5 Å². The zero-order valence-corrected chi connectivity index (χ0v) is 11.0. The van der Waals surface area contributed by atoms with E-state index < -0.39 is 28.8 Å². The van der Waals surface area contributed by atoms with Crippen LogP contribution in [0, 0.1) is 6.92 Å². The molecule has 100 valence electrons. The van der Waals surface area contributed by atoms with Crippen LogP contribution in [0.5, 0.6) is 0 Å². The third-order valence-corrected chi connectivity index (χ3v) is 3.70. The number of nitrogens with zero attached hydrogens (tertiary/aromatic N) is 2. The number of hydrogen-bond donors (Lipinski definition) is 2. The van der Waals surface area contributed by atoms with E-state index in [9.17, 15) is 14.4 Å². The van der Waals surface area contributed by atoms with Crippen LogP contribution >= 0.6 is 11.3 Å². The molecule has 0 aliphatic heterocycles. The van der Waals surface area contributed by atoms with Gasteiger partial charge < -0.3 is 5.11 Å². The van der Waals surface area contributed by atoms with Crippen LogP contribution in [0.3, 0.4) is 0 Å². The Labute approximate surface area is 111 Å². The van der Waals surface area contributed by atoms with Crippen LogP contribution < -0.4 is 11.2 Å². The monoisotopic (exact) mass is 281 g/mol. The highest BCUT2D eigenvalue weighted by atomic mass is 32.1. The minimum atomic E-state index is -1.38. The van der Waals surface area contributed by atoms with Crippen LogP contribution in [0.25, 0.3) is 0 Å². The van der Waals surface area contributed by atoms with Crippen molar-refractivity contribution in [3.05, 3.63) is 48.7 Å². The molecule has 8 heteroatoms. The second kappa shape index (κ2) is 4.81. The quantitative estimate of drug-likeness (QED) is 0.857. The van der Waals surface area contributed by atoms with Gasteiger partial charge >= 0.3 is 11.7 Å². The highest BCUT2D eigenvalue weighted by Crippen LogP contribution is 2.21. The molecular formula is C11H11N3O4S. The number of nitrogens with one attached hydrogen (secondary N) is 1. The molecule has 7 nitrogen and oxygen atoms in total. The Morgan fingerprint density at radius 3 is 2.74 bits per heavy atom. The SMILES string of the molecule is Cc1cnc(C(C)n2cc(C(=O)O)c(=O)[nH]c2=O)s1. The van der Waals surface area contributed by atoms with Crippen LogP contribution in [-0.4, -0.2) is 25.6 Å². The number of carboxylic acids is 1. The fourth-order valence-electron chi connectivity index (χ4n) is 1.61. The van der Waals surface area contributed by atoms with E-state index in [1.165, 1.54) is 11.3 Å². The first-order chi connectivity index (χ1) is 8.90. The lowest BCUT2D eigenvalue weighted by molar-refractivity contribution is 0.0693. The summed E-state index contributed by atoms with van der Waals surface area (Å²) in [7, 11) is 0. The highest BCUT2D eigenvalue weighted by Gasteiger charge is 2.17. The maximum atomic E-state index is 11.7. The van der Waals surface area contributed by atoms with Crippen molar-refractivity contribution in [2.24, 2.45) is 0 Å². The molecule has 2 N–H and O–H groups in total. The van der Waals surface area contributed by atoms with Gasteiger partial charge in [0.15, 0.2) is 0 Å². The second-order valence-electron chi connectivity index (χ2n) is 4.00. The number of carbonyl (C=O) groups is 1. The number of thiazole rings is 1. The number of H-pyrrole nitrogens is 1. The smallest absolute Gasteiger partial charge is 0.342 e. The zero-order chi connectivity index (χ0) is 14.2. The summed E-state index contributed by atoms with van der Waals surface area (Å²) in [6, 6.07) is -0.443. The van der Waals surface area contributed by atoms with Gasteiger partial charge in [-0.1, -0.05) is 0 Å². The predicted octanol–water partition coefficient (Wildman–Crippen LogP) is 0.609. The minimum absolute atomic E-state index is 0.443. The summed E-state index contributed by atoms with van der Waals surface area (Å²) in [5, 5.41) is 9.56. The number of aromatic carboxylic acids is 1. The van der Waals surface area contributed by atoms with Crippen LogP contribution in [0.1, 0.15) is 33.2 Å². The fourth-order valence-corrected chi connectivity index (χ4v) is 2.43. The number of aromatic nitrogens is 3. The van der Waals surface area contributed by atoms with E-state index in [0.29, 0.717) is 5.01 Å². The maximum absolute atomic E-state index is 11.7. The molecule has 2 aromatic heterocycles. The van der Waals surface area contributed by atoms with Gasteiger partial charge in [0, 0.05) is 17.3 Å². The molecule has 2 aromatic rings. The van der Waals surface area contributed by atoms with Crippen LogP contribution in [0.4, 0.5) is 0 Å². The number of hydrogen-bond acceptors (Lipinski definition) is 5. The summed E-state index contributed by atoms with van der Waals surface area (Å²) >= 11 is 1.41. The zero-order valence-electron chi connectivity index (χ0n) is 10.2. The van der Waals surface area contributed by atoms with Gasteiger partial charge in [-0.15, -0.1) is 11.3 Å². The third kappa shape index (κ3) is 2.48. The summed E-state index contributed by atoms with van der Waals surface area (Å²) in [5.41, 5.74) is -2.04. The number of carboxylic acid groups (broad SMARTS) is 1. The lowest BCUT2D eigenvalue weighted by atomic mass is 10.3. The molecule has 0 aliphatic carbocycles. The summed E-state index contributed by atoms with van der Waals surface area (Å²) in [5.74, 6) is -1.38. The Hall–Kier alpha value is -2.22. The van der Waals surface area contributed by atoms with Crippen molar-refractivity contribution in [3.63, 3.8) is 0 Å². The molecule has 0 bridgehead atoms. The molecule has 0 spiro atoms. The van der Waals surface area contributed by atoms with Crippen molar-refractivity contribution in [2.45, 2.75) is 19.9 Å². The van der Waals surface area contributed by atoms with Gasteiger partial charge in [0.2, 0.25) is 0 Å². The first-order valence-corrected chi connectivity index (χ1v) is 6.23. The lowest BCUT2D eigenvalue weighted by Crippen LogP contribution is -2.34. The Balaban J connectivity index is 2.56. The topological polar surface area (TPSA) is 105 Å². The molecule has 19 heavy (non-hydrogen) atoms. The Kier molecular flexibility index (Phi) is 3.34. The van der Waals surface area contributed by atoms with Crippen molar-refractivity contribution < 1.29 is 9.90 Å². The Morgan fingerprint density at radius 1 is 1.53 bits per heavy atom. The number of rotatable bonds is 3. The molecule has 0 amide bonds. The van der Waals surface area contributed by atoms with E-state index in [-0.39, 0.29) is 0 Å². The van der Waals surface area contributed by atoms with Gasteiger partial charge in [0.05, 0.1) is 6.04 Å². The first-order valence-electron chi connectivity index (χ1n) is 5.41. The molecule has 0 radical (unpaired) electrons. The molecule has 1 atom stereocenters. The summed E-state index contributed by atoms with van der Waals surface area (Å²) in [6.45, 7) is 3.59. The molecule has 0 fully saturated rings. The molecular weight excluding hydrogens is 270 g/mol. The highest BCUT2D eigenvalue weighted by molar-refractivity contribution is 7.11. The normalized spacial score (nSPS) is 12.3. The molecule has 0 saturated heterocycles. The standard InChI is InChI=1S/C11H11N3O4S/c1-5-3-12-9(19-5)6(2)14-4-7(10(16)17)8(15)13-11(14)18/h3-4,6H,1-2H3,(H,16,17)(H,13,15,18). The Bertz CT molecular complexity index is 743. The van der Waals surface area contributed by atoms with Crippen molar-refractivity contribution in [1.29, 1.82) is 0 Å². The molecule has 1 unspecified atom stereocenters. The maximum Gasteiger partial charge on any atom is 0.342 e. The molecule has 2 rings (SSSR count). The molecule has 0 saturated carbocycles. The number of aryl methyl sites for hydroxylation is 1. The lowest BCUT2D eigenvalue weighted by Gasteiger charge is -2.12. The van der Waals surface area contributed by atoms with E-state index in [0.717, 1.165) is 15.6 Å². The van der Waals surface area contributed by atoms with Gasteiger partial charge in [-0.2, -0.15) is 0 Å². The fraction of sp³-hybridized carbons (Fsp3) is 0.273. The largest absolute Gasteiger partial charge is 0.477 e.